The van der Waals surface area contributed by atoms with Crippen LogP contribution in [0.15, 0.2) is 108 Å². The lowest BCUT2D eigenvalue weighted by Gasteiger charge is -2.16. The van der Waals surface area contributed by atoms with E-state index in [1.54, 1.807) is 54.6 Å². The molecule has 2 amide bonds. The number of thioether (sulfide) groups is 1. The van der Waals surface area contributed by atoms with Gasteiger partial charge in [0.25, 0.3) is 5.91 Å². The molecule has 4 aromatic carbocycles. The van der Waals surface area contributed by atoms with Crippen LogP contribution in [0, 0.1) is 0 Å². The smallest absolute Gasteiger partial charge is 0.336 e. The molecule has 38 heavy (non-hydrogen) atoms. The highest BCUT2D eigenvalue weighted by molar-refractivity contribution is 8.00. The fourth-order valence-corrected chi connectivity index (χ4v) is 4.67. The number of nitrogens with one attached hydrogen (secondary N) is 2. The molecule has 1 unspecified atom stereocenters. The number of benzene rings is 4. The van der Waals surface area contributed by atoms with Gasteiger partial charge < -0.3 is 20.5 Å². The zero-order valence-corrected chi connectivity index (χ0v) is 21.4. The van der Waals surface area contributed by atoms with Crippen molar-refractivity contribution in [2.45, 2.75) is 23.5 Å². The summed E-state index contributed by atoms with van der Waals surface area (Å²) in [6.07, 6.45) is 0.592. The SMILES string of the molecule is CCC(Sc1cccc(NC(=O)c2ccccc2C(=O)O)c1)C(=O)Nc1ccc(Oc2ccccc2)cc1. The monoisotopic (exact) mass is 526 g/mol. The Labute approximate surface area is 224 Å². The minimum absolute atomic E-state index is 0.0714. The summed E-state index contributed by atoms with van der Waals surface area (Å²) in [6.45, 7) is 1.93. The maximum atomic E-state index is 13.0. The van der Waals surface area contributed by atoms with Crippen molar-refractivity contribution in [1.29, 1.82) is 0 Å². The van der Waals surface area contributed by atoms with Crippen LogP contribution < -0.4 is 15.4 Å². The number of amides is 2. The Morgan fingerprint density at radius 1 is 0.763 bits per heavy atom. The summed E-state index contributed by atoms with van der Waals surface area (Å²) < 4.78 is 5.80. The van der Waals surface area contributed by atoms with E-state index in [-0.39, 0.29) is 22.3 Å². The standard InChI is InChI=1S/C30H26N2O5S/c1-2-27(29(34)31-20-15-17-23(18-16-20)37-22-10-4-3-5-11-22)38-24-12-8-9-21(19-24)32-28(33)25-13-6-7-14-26(25)30(35)36/h3-19,27H,2H2,1H3,(H,31,34)(H,32,33)(H,35,36). The van der Waals surface area contributed by atoms with E-state index >= 15 is 0 Å². The van der Waals surface area contributed by atoms with Crippen LogP contribution in [0.1, 0.15) is 34.1 Å². The maximum Gasteiger partial charge on any atom is 0.336 e. The molecule has 0 bridgehead atoms. The van der Waals surface area contributed by atoms with Crippen molar-refractivity contribution in [3.63, 3.8) is 0 Å². The van der Waals surface area contributed by atoms with E-state index < -0.39 is 11.9 Å². The van der Waals surface area contributed by atoms with Gasteiger partial charge in [0.2, 0.25) is 5.91 Å². The lowest BCUT2D eigenvalue weighted by Crippen LogP contribution is -2.24. The number of anilines is 2. The first-order valence-corrected chi connectivity index (χ1v) is 12.8. The summed E-state index contributed by atoms with van der Waals surface area (Å²) in [5.74, 6) is -0.430. The molecule has 1 atom stereocenters. The Kier molecular flexibility index (Phi) is 8.79. The van der Waals surface area contributed by atoms with Crippen LogP contribution in [0.25, 0.3) is 0 Å². The molecule has 0 spiro atoms. The minimum atomic E-state index is -1.17. The number of hydrogen-bond acceptors (Lipinski definition) is 5. The third-order valence-corrected chi connectivity index (χ3v) is 6.89. The molecule has 7 nitrogen and oxygen atoms in total. The van der Waals surface area contributed by atoms with Gasteiger partial charge in [-0.2, -0.15) is 0 Å². The molecule has 0 aliphatic carbocycles. The number of para-hydroxylation sites is 1. The van der Waals surface area contributed by atoms with Crippen LogP contribution >= 0.6 is 11.8 Å². The van der Waals surface area contributed by atoms with E-state index in [9.17, 15) is 19.5 Å². The van der Waals surface area contributed by atoms with Crippen molar-refractivity contribution in [3.8, 4) is 11.5 Å². The molecule has 0 heterocycles. The molecule has 0 aromatic heterocycles. The first-order chi connectivity index (χ1) is 18.4. The number of ether oxygens (including phenoxy) is 1. The van der Waals surface area contributed by atoms with E-state index in [0.717, 1.165) is 10.6 Å². The Morgan fingerprint density at radius 2 is 1.42 bits per heavy atom. The van der Waals surface area contributed by atoms with Gasteiger partial charge in [0.05, 0.1) is 16.4 Å². The second-order valence-corrected chi connectivity index (χ2v) is 9.55. The number of hydrogen-bond donors (Lipinski definition) is 3. The van der Waals surface area contributed by atoms with Crippen molar-refractivity contribution >= 4 is 40.9 Å². The molecule has 8 heteroatoms. The summed E-state index contributed by atoms with van der Waals surface area (Å²) in [6, 6.07) is 29.8. The molecule has 0 saturated heterocycles. The Hall–Kier alpha value is -4.56. The van der Waals surface area contributed by atoms with Crippen LogP contribution in [0.5, 0.6) is 11.5 Å². The lowest BCUT2D eigenvalue weighted by atomic mass is 10.1. The van der Waals surface area contributed by atoms with Gasteiger partial charge in [-0.05, 0) is 73.2 Å². The summed E-state index contributed by atoms with van der Waals surface area (Å²) in [4.78, 5) is 37.9. The number of carbonyl (C=O) groups is 3. The van der Waals surface area contributed by atoms with Crippen molar-refractivity contribution < 1.29 is 24.2 Å². The van der Waals surface area contributed by atoms with Crippen molar-refractivity contribution in [3.05, 3.63) is 114 Å². The highest BCUT2D eigenvalue weighted by Gasteiger charge is 2.19. The quantitative estimate of drug-likeness (QED) is 0.193. The van der Waals surface area contributed by atoms with Crippen LogP contribution in [-0.2, 0) is 4.79 Å². The van der Waals surface area contributed by atoms with Gasteiger partial charge in [0, 0.05) is 16.3 Å². The summed E-state index contributed by atoms with van der Waals surface area (Å²) >= 11 is 1.38. The molecule has 0 radical (unpaired) electrons. The maximum absolute atomic E-state index is 13.0. The van der Waals surface area contributed by atoms with E-state index in [4.69, 9.17) is 4.74 Å². The van der Waals surface area contributed by atoms with Gasteiger partial charge >= 0.3 is 5.97 Å². The van der Waals surface area contributed by atoms with Crippen LogP contribution in [-0.4, -0.2) is 28.1 Å². The average molecular weight is 527 g/mol. The number of rotatable bonds is 10. The van der Waals surface area contributed by atoms with Crippen LogP contribution in [0.3, 0.4) is 0 Å². The van der Waals surface area contributed by atoms with Crippen LogP contribution in [0.2, 0.25) is 0 Å². The van der Waals surface area contributed by atoms with Gasteiger partial charge in [-0.25, -0.2) is 4.79 Å². The van der Waals surface area contributed by atoms with E-state index in [2.05, 4.69) is 10.6 Å². The number of carboxylic acid groups (broad SMARTS) is 1. The molecule has 0 aliphatic rings. The minimum Gasteiger partial charge on any atom is -0.478 e. The zero-order chi connectivity index (χ0) is 26.9. The molecule has 4 aromatic rings. The summed E-state index contributed by atoms with van der Waals surface area (Å²) in [5, 5.41) is 14.7. The number of carbonyl (C=O) groups excluding carboxylic acids is 2. The van der Waals surface area contributed by atoms with Gasteiger partial charge in [-0.3, -0.25) is 9.59 Å². The normalized spacial score (nSPS) is 11.3. The molecule has 0 fully saturated rings. The topological polar surface area (TPSA) is 105 Å². The van der Waals surface area contributed by atoms with Gasteiger partial charge in [-0.15, -0.1) is 11.8 Å². The molecular weight excluding hydrogens is 500 g/mol. The lowest BCUT2D eigenvalue weighted by molar-refractivity contribution is -0.115. The van der Waals surface area contributed by atoms with Gasteiger partial charge in [0.15, 0.2) is 0 Å². The fourth-order valence-electron chi connectivity index (χ4n) is 3.65. The third-order valence-electron chi connectivity index (χ3n) is 5.54. The first-order valence-electron chi connectivity index (χ1n) is 12.0. The largest absolute Gasteiger partial charge is 0.478 e. The molecule has 0 saturated carbocycles. The predicted octanol–water partition coefficient (Wildman–Crippen LogP) is 6.94. The second-order valence-electron chi connectivity index (χ2n) is 8.28. The van der Waals surface area contributed by atoms with E-state index in [1.165, 1.54) is 23.9 Å². The summed E-state index contributed by atoms with van der Waals surface area (Å²) in [5.41, 5.74) is 1.17. The zero-order valence-electron chi connectivity index (χ0n) is 20.6. The van der Waals surface area contributed by atoms with Crippen LogP contribution in [0.4, 0.5) is 11.4 Å². The Bertz CT molecular complexity index is 1420. The summed E-state index contributed by atoms with van der Waals surface area (Å²) in [7, 11) is 0. The highest BCUT2D eigenvalue weighted by atomic mass is 32.2. The van der Waals surface area contributed by atoms with Gasteiger partial charge in [-0.1, -0.05) is 43.3 Å². The van der Waals surface area contributed by atoms with Gasteiger partial charge in [0.1, 0.15) is 11.5 Å². The fraction of sp³-hybridized carbons (Fsp3) is 0.100. The third kappa shape index (κ3) is 7.02. The molecular formula is C30H26N2O5S. The van der Waals surface area contributed by atoms with Crippen molar-refractivity contribution in [2.75, 3.05) is 10.6 Å². The Morgan fingerprint density at radius 3 is 2.11 bits per heavy atom. The first kappa shape index (κ1) is 26.5. The van der Waals surface area contributed by atoms with Crippen molar-refractivity contribution in [2.24, 2.45) is 0 Å². The van der Waals surface area contributed by atoms with Crippen molar-refractivity contribution in [1.82, 2.24) is 0 Å². The molecule has 192 valence electrons. The average Bonchev–Trinajstić information content (AvgIpc) is 2.93. The molecule has 3 N–H and O–H groups in total. The highest BCUT2D eigenvalue weighted by Crippen LogP contribution is 2.29. The van der Waals surface area contributed by atoms with E-state index in [1.807, 2.05) is 43.3 Å². The predicted molar refractivity (Wildman–Crippen MR) is 149 cm³/mol. The van der Waals surface area contributed by atoms with E-state index in [0.29, 0.717) is 23.5 Å². The Balaban J connectivity index is 1.38. The second kappa shape index (κ2) is 12.6. The molecule has 4 rings (SSSR count). The number of aromatic carboxylic acids is 1. The number of carboxylic acids is 1. The molecule has 0 aliphatic heterocycles.